The van der Waals surface area contributed by atoms with Crippen LogP contribution < -0.4 is 5.32 Å². The van der Waals surface area contributed by atoms with E-state index in [1.807, 2.05) is 0 Å². The predicted molar refractivity (Wildman–Crippen MR) is 105 cm³/mol. The van der Waals surface area contributed by atoms with Gasteiger partial charge in [-0.1, -0.05) is 29.8 Å². The minimum atomic E-state index is -0.646. The van der Waals surface area contributed by atoms with Crippen LogP contribution in [-0.2, 0) is 14.3 Å². The van der Waals surface area contributed by atoms with Gasteiger partial charge in [0.05, 0.1) is 12.6 Å². The van der Waals surface area contributed by atoms with Crippen LogP contribution in [0.3, 0.4) is 0 Å². The van der Waals surface area contributed by atoms with Crippen molar-refractivity contribution in [2.24, 2.45) is 5.92 Å². The SMILES string of the molecule is CCOC(=O)/C=C/C[C@H](CO)[C@H](NC(=O)OC(C)(C)C)c1ccc(Cl)cc1. The lowest BCUT2D eigenvalue weighted by Gasteiger charge is -2.28. The maximum absolute atomic E-state index is 12.3. The summed E-state index contributed by atoms with van der Waals surface area (Å²) >= 11 is 5.95. The summed E-state index contributed by atoms with van der Waals surface area (Å²) in [6.07, 6.45) is 2.71. The summed E-state index contributed by atoms with van der Waals surface area (Å²) < 4.78 is 10.2. The van der Waals surface area contributed by atoms with Crippen molar-refractivity contribution in [1.82, 2.24) is 5.32 Å². The van der Waals surface area contributed by atoms with Crippen LogP contribution in [0.5, 0.6) is 0 Å². The number of nitrogens with one attached hydrogen (secondary N) is 1. The monoisotopic (exact) mass is 397 g/mol. The van der Waals surface area contributed by atoms with Gasteiger partial charge in [-0.05, 0) is 51.8 Å². The quantitative estimate of drug-likeness (QED) is 0.511. The number of aliphatic hydroxyl groups is 1. The molecule has 0 saturated carbocycles. The van der Waals surface area contributed by atoms with Gasteiger partial charge in [-0.25, -0.2) is 9.59 Å². The minimum absolute atomic E-state index is 0.198. The predicted octanol–water partition coefficient (Wildman–Crippen LogP) is 4.02. The number of carbonyl (C=O) groups excluding carboxylic acids is 2. The first-order valence-electron chi connectivity index (χ1n) is 8.85. The van der Waals surface area contributed by atoms with E-state index < -0.39 is 23.7 Å². The van der Waals surface area contributed by atoms with Gasteiger partial charge in [-0.15, -0.1) is 0 Å². The number of halogens is 1. The molecule has 0 bridgehead atoms. The fourth-order valence-corrected chi connectivity index (χ4v) is 2.55. The van der Waals surface area contributed by atoms with Crippen molar-refractivity contribution in [3.63, 3.8) is 0 Å². The van der Waals surface area contributed by atoms with Crippen LogP contribution >= 0.6 is 11.6 Å². The van der Waals surface area contributed by atoms with E-state index in [2.05, 4.69) is 5.32 Å². The van der Waals surface area contributed by atoms with Crippen molar-refractivity contribution >= 4 is 23.7 Å². The Hall–Kier alpha value is -2.05. The zero-order valence-electron chi connectivity index (χ0n) is 16.2. The number of carbonyl (C=O) groups is 2. The average Bonchev–Trinajstić information content (AvgIpc) is 2.56. The average molecular weight is 398 g/mol. The van der Waals surface area contributed by atoms with E-state index in [1.165, 1.54) is 6.08 Å². The summed E-state index contributed by atoms with van der Waals surface area (Å²) in [6, 6.07) is 6.46. The fourth-order valence-electron chi connectivity index (χ4n) is 2.42. The van der Waals surface area contributed by atoms with Gasteiger partial charge in [0.1, 0.15) is 5.60 Å². The lowest BCUT2D eigenvalue weighted by molar-refractivity contribution is -0.137. The van der Waals surface area contributed by atoms with Crippen LogP contribution in [0, 0.1) is 5.92 Å². The van der Waals surface area contributed by atoms with Crippen LogP contribution in [0.1, 0.15) is 45.7 Å². The first kappa shape index (κ1) is 23.0. The second-order valence-corrected chi connectivity index (χ2v) is 7.44. The molecule has 1 aromatic carbocycles. The van der Waals surface area contributed by atoms with Crippen LogP contribution in [0.15, 0.2) is 36.4 Å². The van der Waals surface area contributed by atoms with Crippen molar-refractivity contribution < 1.29 is 24.2 Å². The fraction of sp³-hybridized carbons (Fsp3) is 0.500. The summed E-state index contributed by atoms with van der Waals surface area (Å²) in [5.41, 5.74) is 0.126. The third-order valence-corrected chi connectivity index (χ3v) is 3.84. The maximum Gasteiger partial charge on any atom is 0.408 e. The standard InChI is InChI=1S/C20H28ClNO5/c1-5-26-17(24)8-6-7-15(13-23)18(14-9-11-16(21)12-10-14)22-19(25)27-20(2,3)4/h6,8-12,15,18,23H,5,7,13H2,1-4H3,(H,22,25)/b8-6+/t15-,18-/m1/s1. The molecule has 2 N–H and O–H groups in total. The number of hydrogen-bond acceptors (Lipinski definition) is 5. The van der Waals surface area contributed by atoms with E-state index in [1.54, 1.807) is 58.0 Å². The van der Waals surface area contributed by atoms with Gasteiger partial charge < -0.3 is 19.9 Å². The Morgan fingerprint density at radius 2 is 1.89 bits per heavy atom. The Morgan fingerprint density at radius 3 is 2.41 bits per heavy atom. The van der Waals surface area contributed by atoms with E-state index in [4.69, 9.17) is 21.1 Å². The molecule has 0 spiro atoms. The molecule has 7 heteroatoms. The van der Waals surface area contributed by atoms with E-state index in [-0.39, 0.29) is 12.5 Å². The second-order valence-electron chi connectivity index (χ2n) is 7.01. The summed E-state index contributed by atoms with van der Waals surface area (Å²) in [5, 5.41) is 13.2. The number of hydrogen-bond donors (Lipinski definition) is 2. The van der Waals surface area contributed by atoms with Crippen LogP contribution in [0.25, 0.3) is 0 Å². The van der Waals surface area contributed by atoms with Crippen molar-refractivity contribution in [3.8, 4) is 0 Å². The molecule has 0 radical (unpaired) electrons. The molecule has 0 aliphatic carbocycles. The normalized spacial score (nSPS) is 13.9. The number of alkyl carbamates (subject to hydrolysis) is 1. The third-order valence-electron chi connectivity index (χ3n) is 3.59. The second kappa shape index (κ2) is 10.9. The summed E-state index contributed by atoms with van der Waals surface area (Å²) in [4.78, 5) is 23.7. The molecule has 0 aliphatic rings. The molecule has 1 amide bonds. The molecule has 0 aliphatic heterocycles. The summed E-state index contributed by atoms with van der Waals surface area (Å²) in [7, 11) is 0. The van der Waals surface area contributed by atoms with E-state index in [9.17, 15) is 14.7 Å². The summed E-state index contributed by atoms with van der Waals surface area (Å²) in [6.45, 7) is 7.14. The maximum atomic E-state index is 12.3. The highest BCUT2D eigenvalue weighted by Gasteiger charge is 2.26. The number of rotatable bonds is 8. The Bertz CT molecular complexity index is 637. The molecule has 27 heavy (non-hydrogen) atoms. The molecular weight excluding hydrogens is 370 g/mol. The molecule has 150 valence electrons. The number of aliphatic hydroxyl groups excluding tert-OH is 1. The topological polar surface area (TPSA) is 84.9 Å². The van der Waals surface area contributed by atoms with Gasteiger partial charge in [0.15, 0.2) is 0 Å². The molecule has 0 heterocycles. The first-order valence-corrected chi connectivity index (χ1v) is 9.23. The van der Waals surface area contributed by atoms with Gasteiger partial charge >= 0.3 is 12.1 Å². The van der Waals surface area contributed by atoms with Crippen molar-refractivity contribution in [1.29, 1.82) is 0 Å². The Labute approximate surface area is 165 Å². The lowest BCUT2D eigenvalue weighted by atomic mass is 9.90. The molecule has 0 fully saturated rings. The smallest absolute Gasteiger partial charge is 0.408 e. The number of amides is 1. The number of allylic oxidation sites excluding steroid dienone is 1. The van der Waals surface area contributed by atoms with Crippen LogP contribution in [0.4, 0.5) is 4.79 Å². The molecule has 1 aromatic rings. The molecule has 0 aromatic heterocycles. The Kier molecular flexibility index (Phi) is 9.32. The Morgan fingerprint density at radius 1 is 1.26 bits per heavy atom. The van der Waals surface area contributed by atoms with Crippen molar-refractivity contribution in [2.75, 3.05) is 13.2 Å². The zero-order valence-corrected chi connectivity index (χ0v) is 17.0. The highest BCUT2D eigenvalue weighted by Crippen LogP contribution is 2.27. The van der Waals surface area contributed by atoms with Gasteiger partial charge in [0.25, 0.3) is 0 Å². The highest BCUT2D eigenvalue weighted by atomic mass is 35.5. The van der Waals surface area contributed by atoms with Crippen LogP contribution in [-0.4, -0.2) is 36.0 Å². The van der Waals surface area contributed by atoms with Crippen molar-refractivity contribution in [3.05, 3.63) is 47.0 Å². The zero-order chi connectivity index (χ0) is 20.4. The minimum Gasteiger partial charge on any atom is -0.463 e. The molecule has 6 nitrogen and oxygen atoms in total. The molecule has 0 saturated heterocycles. The Balaban J connectivity index is 2.97. The van der Waals surface area contributed by atoms with Crippen molar-refractivity contribution in [2.45, 2.75) is 45.8 Å². The van der Waals surface area contributed by atoms with Gasteiger partial charge in [0.2, 0.25) is 0 Å². The molecule has 1 rings (SSSR count). The third kappa shape index (κ3) is 8.93. The van der Waals surface area contributed by atoms with Crippen LogP contribution in [0.2, 0.25) is 5.02 Å². The van der Waals surface area contributed by atoms with E-state index >= 15 is 0 Å². The van der Waals surface area contributed by atoms with Gasteiger partial charge in [-0.2, -0.15) is 0 Å². The summed E-state index contributed by atoms with van der Waals surface area (Å²) in [5.74, 6) is -0.818. The molecular formula is C20H28ClNO5. The lowest BCUT2D eigenvalue weighted by Crippen LogP contribution is -2.38. The van der Waals surface area contributed by atoms with E-state index in [0.717, 1.165) is 5.56 Å². The first-order chi connectivity index (χ1) is 12.7. The van der Waals surface area contributed by atoms with E-state index in [0.29, 0.717) is 18.1 Å². The number of esters is 1. The molecule has 0 unspecified atom stereocenters. The van der Waals surface area contributed by atoms with Gasteiger partial charge in [0, 0.05) is 23.6 Å². The number of ether oxygens (including phenoxy) is 2. The highest BCUT2D eigenvalue weighted by molar-refractivity contribution is 6.30. The largest absolute Gasteiger partial charge is 0.463 e. The van der Waals surface area contributed by atoms with Gasteiger partial charge in [-0.3, -0.25) is 0 Å². The number of benzene rings is 1. The molecule has 2 atom stereocenters.